The van der Waals surface area contributed by atoms with Crippen molar-refractivity contribution in [1.82, 2.24) is 9.97 Å². The van der Waals surface area contributed by atoms with Crippen LogP contribution in [0.2, 0.25) is 0 Å². The summed E-state index contributed by atoms with van der Waals surface area (Å²) in [5.41, 5.74) is 1.85. The number of carbonyl (C=O) groups excluding carboxylic acids is 1. The highest BCUT2D eigenvalue weighted by Crippen LogP contribution is 2.25. The summed E-state index contributed by atoms with van der Waals surface area (Å²) in [4.78, 5) is 22.1. The lowest BCUT2D eigenvalue weighted by Gasteiger charge is -2.29. The van der Waals surface area contributed by atoms with Gasteiger partial charge >= 0.3 is 5.97 Å². The number of anilines is 1. The number of thioether (sulfide) groups is 1. The second-order valence-electron chi connectivity index (χ2n) is 6.04. The summed E-state index contributed by atoms with van der Waals surface area (Å²) in [7, 11) is 1.35. The number of esters is 1. The van der Waals surface area contributed by atoms with Crippen LogP contribution in [-0.4, -0.2) is 41.9 Å². The van der Waals surface area contributed by atoms with E-state index in [1.54, 1.807) is 18.5 Å². The van der Waals surface area contributed by atoms with Gasteiger partial charge in [-0.15, -0.1) is 0 Å². The molecule has 27 heavy (non-hydrogen) atoms. The fourth-order valence-electron chi connectivity index (χ4n) is 2.76. The molecule has 142 valence electrons. The number of carbonyl (C=O) groups is 1. The number of rotatable bonds is 5. The highest BCUT2D eigenvalue weighted by Gasteiger charge is 2.16. The molecule has 1 aromatic heterocycles. The van der Waals surface area contributed by atoms with Crippen molar-refractivity contribution in [2.24, 2.45) is 0 Å². The van der Waals surface area contributed by atoms with Gasteiger partial charge in [0.2, 0.25) is 0 Å². The maximum absolute atomic E-state index is 13.3. The van der Waals surface area contributed by atoms with Gasteiger partial charge in [0.15, 0.2) is 11.6 Å². The smallest absolute Gasteiger partial charge is 0.316 e. The van der Waals surface area contributed by atoms with Crippen LogP contribution in [0, 0.1) is 11.6 Å². The minimum absolute atomic E-state index is 0.190. The van der Waals surface area contributed by atoms with Gasteiger partial charge in [-0.1, -0.05) is 29.5 Å². The van der Waals surface area contributed by atoms with Crippen LogP contribution in [0.15, 0.2) is 41.2 Å². The van der Waals surface area contributed by atoms with Gasteiger partial charge in [0.1, 0.15) is 10.8 Å². The van der Waals surface area contributed by atoms with E-state index in [4.69, 9.17) is 0 Å². The third kappa shape index (κ3) is 5.26. The van der Waals surface area contributed by atoms with Gasteiger partial charge in [0.25, 0.3) is 0 Å². The van der Waals surface area contributed by atoms with Gasteiger partial charge in [-0.25, -0.2) is 13.8 Å². The first-order chi connectivity index (χ1) is 13.0. The summed E-state index contributed by atoms with van der Waals surface area (Å²) in [6.45, 7) is 1.52. The SMILES string of the molecule is COC(=O)CSc1cncc(N2CCC(=Cc3ccc(F)c(F)c3)CC2)n1. The first kappa shape index (κ1) is 19.3. The number of hydrogen-bond acceptors (Lipinski definition) is 6. The molecule has 1 aliphatic rings. The van der Waals surface area contributed by atoms with Crippen molar-refractivity contribution in [1.29, 1.82) is 0 Å². The Balaban J connectivity index is 1.61. The Morgan fingerprint density at radius 2 is 2.04 bits per heavy atom. The van der Waals surface area contributed by atoms with Crippen molar-refractivity contribution in [3.63, 3.8) is 0 Å². The number of aromatic nitrogens is 2. The molecule has 2 heterocycles. The minimum Gasteiger partial charge on any atom is -0.468 e. The lowest BCUT2D eigenvalue weighted by Crippen LogP contribution is -2.31. The molecule has 0 unspecified atom stereocenters. The first-order valence-electron chi connectivity index (χ1n) is 8.46. The highest BCUT2D eigenvalue weighted by molar-refractivity contribution is 7.99. The third-order valence-corrected chi connectivity index (χ3v) is 5.08. The monoisotopic (exact) mass is 391 g/mol. The third-order valence-electron chi connectivity index (χ3n) is 4.21. The summed E-state index contributed by atoms with van der Waals surface area (Å²) in [6, 6.07) is 3.93. The Labute approximate surface area is 160 Å². The lowest BCUT2D eigenvalue weighted by atomic mass is 10.0. The average molecular weight is 391 g/mol. The standard InChI is InChI=1S/C19H19F2N3O2S/c1-26-19(25)12-27-18-11-22-10-17(23-18)24-6-4-13(5-7-24)8-14-2-3-15(20)16(21)9-14/h2-3,8-11H,4-7,12H2,1H3. The van der Waals surface area contributed by atoms with Gasteiger partial charge in [0.05, 0.1) is 25.3 Å². The van der Waals surface area contributed by atoms with E-state index in [2.05, 4.69) is 19.6 Å². The van der Waals surface area contributed by atoms with Gasteiger partial charge in [0, 0.05) is 13.1 Å². The Kier molecular flexibility index (Phi) is 6.39. The molecule has 1 aromatic carbocycles. The molecule has 8 heteroatoms. The maximum Gasteiger partial charge on any atom is 0.316 e. The second kappa shape index (κ2) is 8.94. The molecule has 0 radical (unpaired) electrons. The van der Waals surface area contributed by atoms with Crippen LogP contribution in [0.3, 0.4) is 0 Å². The van der Waals surface area contributed by atoms with E-state index >= 15 is 0 Å². The van der Waals surface area contributed by atoms with Crippen molar-refractivity contribution in [2.75, 3.05) is 30.9 Å². The maximum atomic E-state index is 13.3. The summed E-state index contributed by atoms with van der Waals surface area (Å²) in [5.74, 6) is -1.03. The number of piperidine rings is 1. The molecule has 3 rings (SSSR count). The molecule has 1 fully saturated rings. The molecule has 2 aromatic rings. The topological polar surface area (TPSA) is 55.3 Å². The zero-order valence-electron chi connectivity index (χ0n) is 14.8. The number of halogens is 2. The number of methoxy groups -OCH3 is 1. The molecule has 0 saturated carbocycles. The number of hydrogen-bond donors (Lipinski definition) is 0. The van der Waals surface area contributed by atoms with Crippen LogP contribution in [0.5, 0.6) is 0 Å². The van der Waals surface area contributed by atoms with Crippen molar-refractivity contribution in [2.45, 2.75) is 17.9 Å². The quantitative estimate of drug-likeness (QED) is 0.572. The molecule has 0 bridgehead atoms. The van der Waals surface area contributed by atoms with Crippen LogP contribution in [0.4, 0.5) is 14.6 Å². The Morgan fingerprint density at radius 3 is 2.74 bits per heavy atom. The van der Waals surface area contributed by atoms with Gasteiger partial charge < -0.3 is 9.64 Å². The Hall–Kier alpha value is -2.48. The second-order valence-corrected chi connectivity index (χ2v) is 7.04. The molecule has 0 atom stereocenters. The molecule has 0 N–H and O–H groups in total. The summed E-state index contributed by atoms with van der Waals surface area (Å²) in [5, 5.41) is 0.668. The van der Waals surface area contributed by atoms with Crippen LogP contribution >= 0.6 is 11.8 Å². The Morgan fingerprint density at radius 1 is 1.26 bits per heavy atom. The molecular weight excluding hydrogens is 372 g/mol. The fourth-order valence-corrected chi connectivity index (χ4v) is 3.43. The van der Waals surface area contributed by atoms with Gasteiger partial charge in [-0.3, -0.25) is 9.78 Å². The highest BCUT2D eigenvalue weighted by atomic mass is 32.2. The van der Waals surface area contributed by atoms with E-state index in [-0.39, 0.29) is 11.7 Å². The van der Waals surface area contributed by atoms with Crippen LogP contribution in [-0.2, 0) is 9.53 Å². The number of nitrogens with zero attached hydrogens (tertiary/aromatic N) is 3. The van der Waals surface area contributed by atoms with Crippen molar-refractivity contribution >= 4 is 29.6 Å². The lowest BCUT2D eigenvalue weighted by molar-refractivity contribution is -0.137. The summed E-state index contributed by atoms with van der Waals surface area (Å²) < 4.78 is 31.0. The molecule has 0 amide bonds. The van der Waals surface area contributed by atoms with E-state index in [0.29, 0.717) is 10.6 Å². The van der Waals surface area contributed by atoms with E-state index in [1.165, 1.54) is 30.5 Å². The van der Waals surface area contributed by atoms with Crippen molar-refractivity contribution in [3.8, 4) is 0 Å². The minimum atomic E-state index is -0.838. The predicted octanol–water partition coefficient (Wildman–Crippen LogP) is 3.70. The zero-order chi connectivity index (χ0) is 19.2. The summed E-state index contributed by atoms with van der Waals surface area (Å²) >= 11 is 1.28. The van der Waals surface area contributed by atoms with Crippen LogP contribution < -0.4 is 4.90 Å². The molecule has 5 nitrogen and oxygen atoms in total. The molecule has 1 aliphatic heterocycles. The Bertz CT molecular complexity index is 851. The van der Waals surface area contributed by atoms with Gasteiger partial charge in [-0.05, 0) is 30.5 Å². The predicted molar refractivity (Wildman–Crippen MR) is 101 cm³/mol. The van der Waals surface area contributed by atoms with Crippen molar-refractivity contribution < 1.29 is 18.3 Å². The van der Waals surface area contributed by atoms with Crippen LogP contribution in [0.1, 0.15) is 18.4 Å². The first-order valence-corrected chi connectivity index (χ1v) is 9.45. The van der Waals surface area contributed by atoms with E-state index < -0.39 is 11.6 Å². The van der Waals surface area contributed by atoms with Crippen molar-refractivity contribution in [3.05, 3.63) is 53.4 Å². The van der Waals surface area contributed by atoms with Gasteiger partial charge in [-0.2, -0.15) is 0 Å². The zero-order valence-corrected chi connectivity index (χ0v) is 15.6. The summed E-state index contributed by atoms with van der Waals surface area (Å²) in [6.07, 6.45) is 6.84. The van der Waals surface area contributed by atoms with E-state index in [0.717, 1.165) is 37.8 Å². The average Bonchev–Trinajstić information content (AvgIpc) is 2.70. The molecular formula is C19H19F2N3O2S. The number of benzene rings is 1. The molecule has 1 saturated heterocycles. The number of ether oxygens (including phenoxy) is 1. The largest absolute Gasteiger partial charge is 0.468 e. The fraction of sp³-hybridized carbons (Fsp3) is 0.316. The molecule has 0 aliphatic carbocycles. The van der Waals surface area contributed by atoms with E-state index in [1.807, 2.05) is 6.08 Å². The normalized spacial score (nSPS) is 14.2. The van der Waals surface area contributed by atoms with E-state index in [9.17, 15) is 13.6 Å². The van der Waals surface area contributed by atoms with Crippen LogP contribution in [0.25, 0.3) is 6.08 Å². The molecule has 0 spiro atoms.